The number of nitriles is 1. The number of amides is 1. The van der Waals surface area contributed by atoms with Crippen LogP contribution in [-0.4, -0.2) is 65.6 Å². The first-order chi connectivity index (χ1) is 21.2. The Hall–Kier alpha value is -4.19. The van der Waals surface area contributed by atoms with Crippen molar-refractivity contribution in [2.45, 2.75) is 44.9 Å². The Kier molecular flexibility index (Phi) is 6.99. The van der Waals surface area contributed by atoms with Gasteiger partial charge in [-0.05, 0) is 50.9 Å². The van der Waals surface area contributed by atoms with Crippen molar-refractivity contribution >= 4 is 49.1 Å². The van der Waals surface area contributed by atoms with Gasteiger partial charge < -0.3 is 30.7 Å². The maximum absolute atomic E-state index is 17.0. The minimum atomic E-state index is -0.740. The monoisotopic (exact) mass is 620 g/mol. The second-order valence-corrected chi connectivity index (χ2v) is 13.0. The maximum Gasteiger partial charge on any atom is 0.319 e. The molecule has 1 amide bonds. The van der Waals surface area contributed by atoms with Crippen LogP contribution in [0.5, 0.6) is 6.01 Å². The summed E-state index contributed by atoms with van der Waals surface area (Å²) in [6.45, 7) is 1.94. The van der Waals surface area contributed by atoms with Gasteiger partial charge in [0.05, 0.1) is 47.4 Å². The second-order valence-electron chi connectivity index (χ2n) is 12.0. The highest BCUT2D eigenvalue weighted by molar-refractivity contribution is 7.23. The van der Waals surface area contributed by atoms with E-state index in [4.69, 9.17) is 15.2 Å². The Balaban J connectivity index is 1.44. The molecule has 1 aromatic carbocycles. The molecule has 4 N–H and O–H groups in total. The van der Waals surface area contributed by atoms with Crippen LogP contribution in [0.25, 0.3) is 32.2 Å². The smallest absolute Gasteiger partial charge is 0.319 e. The molecule has 11 nitrogen and oxygen atoms in total. The van der Waals surface area contributed by atoms with E-state index in [0.717, 1.165) is 43.3 Å². The van der Waals surface area contributed by atoms with Gasteiger partial charge in [0.15, 0.2) is 11.6 Å². The van der Waals surface area contributed by atoms with E-state index in [1.165, 1.54) is 0 Å². The first-order valence-electron chi connectivity index (χ1n) is 14.4. The number of pyridine rings is 1. The van der Waals surface area contributed by atoms with Crippen LogP contribution in [0.15, 0.2) is 6.20 Å². The number of aromatic nitrogens is 3. The molecule has 4 aromatic rings. The molecule has 228 valence electrons. The molecule has 1 saturated carbocycles. The number of carbonyl (C=O) groups is 1. The van der Waals surface area contributed by atoms with E-state index in [9.17, 15) is 14.4 Å². The Morgan fingerprint density at radius 2 is 2.07 bits per heavy atom. The van der Waals surface area contributed by atoms with E-state index in [-0.39, 0.29) is 73.8 Å². The first-order valence-corrected chi connectivity index (χ1v) is 15.2. The number of nitrogens with two attached hydrogens (primary N) is 1. The average Bonchev–Trinajstić information content (AvgIpc) is 3.41. The van der Waals surface area contributed by atoms with Gasteiger partial charge in [-0.1, -0.05) is 0 Å². The number of nitrogen functional groups attached to an aromatic ring is 1. The summed E-state index contributed by atoms with van der Waals surface area (Å²) >= 11 is 0.915. The molecule has 7 rings (SSSR count). The SMILES string of the molecule is CN(C)CC1(COc2nc(NC3CCCNC3=O)c3c4c(c(-c5ncc(F)c6sc(N)c(C#N)c56)c(F)c3n2)COC4)CC1. The van der Waals surface area contributed by atoms with Crippen molar-refractivity contribution in [1.82, 2.24) is 25.2 Å². The molecular formula is C30H30F2N8O3S. The van der Waals surface area contributed by atoms with Gasteiger partial charge in [-0.25, -0.2) is 8.78 Å². The molecule has 3 aliphatic rings. The molecule has 2 fully saturated rings. The number of hydrogen-bond donors (Lipinski definition) is 3. The van der Waals surface area contributed by atoms with Crippen LogP contribution in [-0.2, 0) is 22.7 Å². The lowest BCUT2D eigenvalue weighted by Gasteiger charge is -2.25. The molecule has 1 atom stereocenters. The number of thiophene rings is 1. The van der Waals surface area contributed by atoms with Crippen LogP contribution < -0.4 is 21.1 Å². The van der Waals surface area contributed by atoms with Gasteiger partial charge >= 0.3 is 6.01 Å². The first kappa shape index (κ1) is 28.6. The molecule has 0 spiro atoms. The Morgan fingerprint density at radius 3 is 2.80 bits per heavy atom. The van der Waals surface area contributed by atoms with Crippen molar-refractivity contribution in [2.75, 3.05) is 44.8 Å². The molecule has 1 aliphatic carbocycles. The van der Waals surface area contributed by atoms with Gasteiger partial charge in [0.1, 0.15) is 28.4 Å². The number of halogens is 2. The summed E-state index contributed by atoms with van der Waals surface area (Å²) in [6, 6.07) is 1.42. The molecular weight excluding hydrogens is 590 g/mol. The molecule has 44 heavy (non-hydrogen) atoms. The summed E-state index contributed by atoms with van der Waals surface area (Å²) < 4.78 is 43.9. The van der Waals surface area contributed by atoms with Crippen LogP contribution in [0.3, 0.4) is 0 Å². The van der Waals surface area contributed by atoms with Crippen LogP contribution in [0, 0.1) is 28.4 Å². The van der Waals surface area contributed by atoms with Crippen molar-refractivity contribution in [3.63, 3.8) is 0 Å². The standard InChI is InChI=1S/C30H30F2N8O3S/c1-40(2)12-30(5-6-30)13-43-29-38-24-21(27(39-29)37-18-4-3-7-35-28(18)41)16-11-42-10-15(16)19(22(24)32)23-20-14(8-33)26(34)44-25(20)17(31)9-36-23/h9,18H,3-7,10-13,34H2,1-2H3,(H,35,41)(H,37,38,39). The highest BCUT2D eigenvalue weighted by Crippen LogP contribution is 2.48. The molecule has 3 aromatic heterocycles. The van der Waals surface area contributed by atoms with Gasteiger partial charge in [0, 0.05) is 29.5 Å². The van der Waals surface area contributed by atoms with Crippen molar-refractivity contribution in [3.8, 4) is 23.3 Å². The van der Waals surface area contributed by atoms with Gasteiger partial charge in [-0.3, -0.25) is 9.78 Å². The number of rotatable bonds is 8. The van der Waals surface area contributed by atoms with Crippen LogP contribution >= 0.6 is 11.3 Å². The third-order valence-electron chi connectivity index (χ3n) is 8.53. The van der Waals surface area contributed by atoms with E-state index >= 15 is 4.39 Å². The van der Waals surface area contributed by atoms with Crippen molar-refractivity contribution in [2.24, 2.45) is 5.41 Å². The number of piperidine rings is 1. The van der Waals surface area contributed by atoms with Crippen molar-refractivity contribution in [1.29, 1.82) is 5.26 Å². The summed E-state index contributed by atoms with van der Waals surface area (Å²) in [4.78, 5) is 28.3. The predicted molar refractivity (Wildman–Crippen MR) is 161 cm³/mol. The Morgan fingerprint density at radius 1 is 1.27 bits per heavy atom. The zero-order valence-electron chi connectivity index (χ0n) is 24.2. The van der Waals surface area contributed by atoms with Crippen molar-refractivity contribution in [3.05, 3.63) is 34.5 Å². The zero-order valence-corrected chi connectivity index (χ0v) is 25.0. The number of fused-ring (bicyclic) bond motifs is 4. The van der Waals surface area contributed by atoms with E-state index in [1.807, 2.05) is 20.2 Å². The van der Waals surface area contributed by atoms with E-state index in [0.29, 0.717) is 36.1 Å². The number of anilines is 2. The second kappa shape index (κ2) is 10.8. The average molecular weight is 621 g/mol. The van der Waals surface area contributed by atoms with E-state index < -0.39 is 17.7 Å². The molecule has 1 saturated heterocycles. The van der Waals surface area contributed by atoms with Crippen molar-refractivity contribution < 1.29 is 23.0 Å². The number of ether oxygens (including phenoxy) is 2. The van der Waals surface area contributed by atoms with Crippen LogP contribution in [0.2, 0.25) is 0 Å². The fraction of sp³-hybridized carbons (Fsp3) is 0.433. The molecule has 2 aliphatic heterocycles. The van der Waals surface area contributed by atoms with Gasteiger partial charge in [0.2, 0.25) is 5.91 Å². The summed E-state index contributed by atoms with van der Waals surface area (Å²) in [5.41, 5.74) is 7.26. The summed E-state index contributed by atoms with van der Waals surface area (Å²) in [5, 5.41) is 16.6. The number of nitrogens with zero attached hydrogens (tertiary/aromatic N) is 5. The molecule has 14 heteroatoms. The van der Waals surface area contributed by atoms with Gasteiger partial charge in [0.25, 0.3) is 0 Å². The Labute approximate surface area is 255 Å². The number of nitrogens with one attached hydrogen (secondary N) is 2. The maximum atomic E-state index is 17.0. The topological polar surface area (TPSA) is 151 Å². The lowest BCUT2D eigenvalue weighted by Crippen LogP contribution is -2.44. The quantitative estimate of drug-likeness (QED) is 0.263. The lowest BCUT2D eigenvalue weighted by molar-refractivity contribution is -0.123. The van der Waals surface area contributed by atoms with Crippen LogP contribution in [0.1, 0.15) is 42.4 Å². The predicted octanol–water partition coefficient (Wildman–Crippen LogP) is 4.08. The molecule has 0 bridgehead atoms. The fourth-order valence-corrected chi connectivity index (χ4v) is 7.22. The normalized spacial score (nSPS) is 18.8. The third-order valence-corrected chi connectivity index (χ3v) is 9.56. The van der Waals surface area contributed by atoms with E-state index in [2.05, 4.69) is 30.5 Å². The van der Waals surface area contributed by atoms with Crippen LogP contribution in [0.4, 0.5) is 19.6 Å². The Bertz CT molecular complexity index is 1880. The fourth-order valence-electron chi connectivity index (χ4n) is 6.30. The van der Waals surface area contributed by atoms with Gasteiger partial charge in [-0.2, -0.15) is 15.2 Å². The summed E-state index contributed by atoms with van der Waals surface area (Å²) in [6.07, 6.45) is 4.34. The molecule has 1 unspecified atom stereocenters. The largest absolute Gasteiger partial charge is 0.463 e. The third kappa shape index (κ3) is 4.75. The highest BCUT2D eigenvalue weighted by Gasteiger charge is 2.44. The molecule has 0 radical (unpaired) electrons. The number of carbonyl (C=O) groups excluding carboxylic acids is 1. The minimum absolute atomic E-state index is 0.0281. The minimum Gasteiger partial charge on any atom is -0.463 e. The lowest BCUT2D eigenvalue weighted by atomic mass is 9.93. The van der Waals surface area contributed by atoms with E-state index in [1.54, 1.807) is 0 Å². The highest BCUT2D eigenvalue weighted by atomic mass is 32.1. The number of hydrogen-bond acceptors (Lipinski definition) is 11. The molecule has 5 heterocycles. The van der Waals surface area contributed by atoms with Gasteiger partial charge in [-0.15, -0.1) is 11.3 Å². The summed E-state index contributed by atoms with van der Waals surface area (Å²) in [7, 11) is 4.01. The number of benzene rings is 1. The summed E-state index contributed by atoms with van der Waals surface area (Å²) in [5.74, 6) is -1.30. The zero-order chi connectivity index (χ0) is 30.7.